The highest BCUT2D eigenvalue weighted by Gasteiger charge is 2.16. The minimum Gasteiger partial charge on any atom is -0.395 e. The van der Waals surface area contributed by atoms with Gasteiger partial charge in [-0.15, -0.1) is 0 Å². The highest BCUT2D eigenvalue weighted by molar-refractivity contribution is 4.74. The molecule has 1 aliphatic heterocycles. The van der Waals surface area contributed by atoms with Crippen molar-refractivity contribution in [2.45, 2.75) is 39.3 Å². The lowest BCUT2D eigenvalue weighted by molar-refractivity contribution is 0.126. The van der Waals surface area contributed by atoms with E-state index in [-0.39, 0.29) is 12.6 Å². The topological polar surface area (TPSA) is 38.7 Å². The van der Waals surface area contributed by atoms with Crippen molar-refractivity contribution >= 4 is 0 Å². The molecule has 0 radical (unpaired) electrons. The molecule has 1 atom stereocenters. The van der Waals surface area contributed by atoms with Gasteiger partial charge in [-0.3, -0.25) is 0 Å². The Labute approximate surface area is 106 Å². The molecule has 4 heteroatoms. The first-order chi connectivity index (χ1) is 8.15. The van der Waals surface area contributed by atoms with Crippen molar-refractivity contribution in [2.24, 2.45) is 0 Å². The van der Waals surface area contributed by atoms with Crippen LogP contribution in [0.4, 0.5) is 0 Å². The van der Waals surface area contributed by atoms with E-state index in [1.165, 1.54) is 32.7 Å². The number of hydrogen-bond acceptors (Lipinski definition) is 4. The van der Waals surface area contributed by atoms with Crippen molar-refractivity contribution in [3.63, 3.8) is 0 Å². The van der Waals surface area contributed by atoms with Gasteiger partial charge in [0.2, 0.25) is 0 Å². The largest absolute Gasteiger partial charge is 0.395 e. The van der Waals surface area contributed by atoms with Crippen LogP contribution in [0, 0.1) is 0 Å². The van der Waals surface area contributed by atoms with Crippen LogP contribution in [0.15, 0.2) is 0 Å². The van der Waals surface area contributed by atoms with Crippen LogP contribution in [0.1, 0.15) is 27.2 Å². The Kier molecular flexibility index (Phi) is 7.04. The highest BCUT2D eigenvalue weighted by Crippen LogP contribution is 2.03. The molecule has 17 heavy (non-hydrogen) atoms. The first-order valence-corrected chi connectivity index (χ1v) is 6.97. The minimum absolute atomic E-state index is 0.243. The minimum atomic E-state index is 0.243. The molecule has 0 aromatic carbocycles. The van der Waals surface area contributed by atoms with E-state index in [2.05, 4.69) is 35.9 Å². The zero-order valence-corrected chi connectivity index (χ0v) is 11.7. The van der Waals surface area contributed by atoms with E-state index in [9.17, 15) is 5.11 Å². The average Bonchev–Trinajstić information content (AvgIpc) is 2.34. The molecule has 1 fully saturated rings. The van der Waals surface area contributed by atoms with Gasteiger partial charge in [-0.2, -0.15) is 0 Å². The summed E-state index contributed by atoms with van der Waals surface area (Å²) < 4.78 is 0. The first kappa shape index (κ1) is 14.9. The Balaban J connectivity index is 2.17. The maximum Gasteiger partial charge on any atom is 0.0585 e. The maximum atomic E-state index is 9.30. The Morgan fingerprint density at radius 3 is 2.18 bits per heavy atom. The van der Waals surface area contributed by atoms with Gasteiger partial charge in [-0.05, 0) is 19.5 Å². The molecule has 0 spiro atoms. The molecule has 0 amide bonds. The predicted molar refractivity (Wildman–Crippen MR) is 72.3 cm³/mol. The zero-order valence-electron chi connectivity index (χ0n) is 11.7. The number of aliphatic hydroxyl groups excluding tert-OH is 1. The van der Waals surface area contributed by atoms with E-state index in [0.717, 1.165) is 13.0 Å². The van der Waals surface area contributed by atoms with Crippen molar-refractivity contribution in [3.05, 3.63) is 0 Å². The molecule has 1 rings (SSSR count). The first-order valence-electron chi connectivity index (χ1n) is 6.97. The molecule has 1 aliphatic rings. The van der Waals surface area contributed by atoms with Crippen LogP contribution in [-0.2, 0) is 0 Å². The fourth-order valence-corrected chi connectivity index (χ4v) is 2.37. The molecule has 4 nitrogen and oxygen atoms in total. The van der Waals surface area contributed by atoms with Crippen molar-refractivity contribution < 1.29 is 5.11 Å². The summed E-state index contributed by atoms with van der Waals surface area (Å²) in [5.41, 5.74) is 0. The van der Waals surface area contributed by atoms with Gasteiger partial charge < -0.3 is 20.2 Å². The Morgan fingerprint density at radius 2 is 1.71 bits per heavy atom. The molecule has 0 saturated carbocycles. The quantitative estimate of drug-likeness (QED) is 0.678. The molecule has 0 aromatic rings. The van der Waals surface area contributed by atoms with Crippen LogP contribution < -0.4 is 5.32 Å². The summed E-state index contributed by atoms with van der Waals surface area (Å²) in [6.45, 7) is 13.7. The third-order valence-electron chi connectivity index (χ3n) is 3.50. The van der Waals surface area contributed by atoms with Gasteiger partial charge in [0.25, 0.3) is 0 Å². The summed E-state index contributed by atoms with van der Waals surface area (Å²) >= 11 is 0. The van der Waals surface area contributed by atoms with Gasteiger partial charge in [0.15, 0.2) is 0 Å². The number of hydrogen-bond donors (Lipinski definition) is 2. The molecule has 1 heterocycles. The molecule has 0 aromatic heterocycles. The molecule has 0 aliphatic carbocycles. The molecule has 0 bridgehead atoms. The summed E-state index contributed by atoms with van der Waals surface area (Å²) in [5.74, 6) is 0. The van der Waals surface area contributed by atoms with Gasteiger partial charge in [-0.25, -0.2) is 0 Å². The predicted octanol–water partition coefficient (Wildman–Crippen LogP) is 0.373. The zero-order chi connectivity index (χ0) is 12.7. The van der Waals surface area contributed by atoms with Gasteiger partial charge in [0, 0.05) is 38.3 Å². The number of nitrogens with zero attached hydrogens (tertiary/aromatic N) is 2. The Bertz CT molecular complexity index is 191. The average molecular weight is 243 g/mol. The third-order valence-corrected chi connectivity index (χ3v) is 3.50. The van der Waals surface area contributed by atoms with E-state index < -0.39 is 0 Å². The molecule has 1 saturated heterocycles. The standard InChI is InChI=1S/C13H29N3O/c1-4-15-7-9-16(10-8-15)6-5-13(11-17)14-12(2)3/h12-14,17H,4-11H2,1-3H3. The van der Waals surface area contributed by atoms with E-state index in [0.29, 0.717) is 6.04 Å². The number of rotatable bonds is 7. The lowest BCUT2D eigenvalue weighted by Gasteiger charge is -2.34. The lowest BCUT2D eigenvalue weighted by atomic mass is 10.1. The van der Waals surface area contributed by atoms with E-state index >= 15 is 0 Å². The summed E-state index contributed by atoms with van der Waals surface area (Å²) in [5, 5.41) is 12.7. The lowest BCUT2D eigenvalue weighted by Crippen LogP contribution is -2.48. The van der Waals surface area contributed by atoms with Gasteiger partial charge in [-0.1, -0.05) is 20.8 Å². The fourth-order valence-electron chi connectivity index (χ4n) is 2.37. The van der Waals surface area contributed by atoms with Crippen LogP contribution in [-0.4, -0.2) is 72.9 Å². The maximum absolute atomic E-state index is 9.30. The Hall–Kier alpha value is -0.160. The van der Waals surface area contributed by atoms with Crippen LogP contribution in [0.25, 0.3) is 0 Å². The number of nitrogens with one attached hydrogen (secondary N) is 1. The highest BCUT2D eigenvalue weighted by atomic mass is 16.3. The number of likely N-dealkylation sites (N-methyl/N-ethyl adjacent to an activating group) is 1. The molecular weight excluding hydrogens is 214 g/mol. The van der Waals surface area contributed by atoms with Crippen molar-refractivity contribution in [1.82, 2.24) is 15.1 Å². The smallest absolute Gasteiger partial charge is 0.0585 e. The monoisotopic (exact) mass is 243 g/mol. The second-order valence-corrected chi connectivity index (χ2v) is 5.27. The van der Waals surface area contributed by atoms with Gasteiger partial charge >= 0.3 is 0 Å². The van der Waals surface area contributed by atoms with Crippen molar-refractivity contribution in [2.75, 3.05) is 45.9 Å². The fraction of sp³-hybridized carbons (Fsp3) is 1.00. The second kappa shape index (κ2) is 8.03. The van der Waals surface area contributed by atoms with E-state index in [1.807, 2.05) is 0 Å². The van der Waals surface area contributed by atoms with Crippen LogP contribution in [0.5, 0.6) is 0 Å². The summed E-state index contributed by atoms with van der Waals surface area (Å²) in [7, 11) is 0. The number of piperazine rings is 1. The normalized spacial score (nSPS) is 21.0. The third kappa shape index (κ3) is 5.82. The Morgan fingerprint density at radius 1 is 1.12 bits per heavy atom. The van der Waals surface area contributed by atoms with Crippen LogP contribution in [0.3, 0.4) is 0 Å². The summed E-state index contributed by atoms with van der Waals surface area (Å²) in [6, 6.07) is 0.697. The van der Waals surface area contributed by atoms with Gasteiger partial charge in [0.05, 0.1) is 6.61 Å². The molecule has 2 N–H and O–H groups in total. The summed E-state index contributed by atoms with van der Waals surface area (Å²) in [4.78, 5) is 5.00. The molecule has 1 unspecified atom stereocenters. The number of aliphatic hydroxyl groups is 1. The molecular formula is C13H29N3O. The van der Waals surface area contributed by atoms with E-state index in [1.54, 1.807) is 0 Å². The molecule has 102 valence electrons. The van der Waals surface area contributed by atoms with Crippen molar-refractivity contribution in [1.29, 1.82) is 0 Å². The van der Waals surface area contributed by atoms with Crippen molar-refractivity contribution in [3.8, 4) is 0 Å². The van der Waals surface area contributed by atoms with Crippen LogP contribution in [0.2, 0.25) is 0 Å². The van der Waals surface area contributed by atoms with E-state index in [4.69, 9.17) is 0 Å². The SMILES string of the molecule is CCN1CCN(CCC(CO)NC(C)C)CC1. The van der Waals surface area contributed by atoms with Crippen LogP contribution >= 0.6 is 0 Å². The summed E-state index contributed by atoms with van der Waals surface area (Å²) in [6.07, 6.45) is 1.04. The van der Waals surface area contributed by atoms with Gasteiger partial charge in [0.1, 0.15) is 0 Å². The second-order valence-electron chi connectivity index (χ2n) is 5.27.